The third kappa shape index (κ3) is 2.81. The molecule has 0 fully saturated rings. The highest BCUT2D eigenvalue weighted by molar-refractivity contribution is 6.05. The highest BCUT2D eigenvalue weighted by Gasteiger charge is 2.10. The Hall–Kier alpha value is -2.16. The quantitative estimate of drug-likeness (QED) is 0.865. The molecule has 0 aliphatic carbocycles. The van der Waals surface area contributed by atoms with Gasteiger partial charge in [-0.1, -0.05) is 18.2 Å². The second kappa shape index (κ2) is 5.22. The first kappa shape index (κ1) is 13.3. The van der Waals surface area contributed by atoms with Gasteiger partial charge in [0, 0.05) is 11.3 Å². The van der Waals surface area contributed by atoms with Crippen LogP contribution >= 0.6 is 0 Å². The predicted molar refractivity (Wildman–Crippen MR) is 75.0 cm³/mol. The molecule has 0 aromatic heterocycles. The lowest BCUT2D eigenvalue weighted by atomic mass is 10.0. The normalized spacial score (nSPS) is 10.3. The van der Waals surface area contributed by atoms with E-state index in [2.05, 4.69) is 5.32 Å². The minimum absolute atomic E-state index is 0.218. The molecule has 19 heavy (non-hydrogen) atoms. The van der Waals surface area contributed by atoms with Gasteiger partial charge in [-0.2, -0.15) is 0 Å². The highest BCUT2D eigenvalue weighted by Crippen LogP contribution is 2.17. The zero-order valence-corrected chi connectivity index (χ0v) is 11.3. The van der Waals surface area contributed by atoms with Crippen LogP contribution in [0.1, 0.15) is 27.0 Å². The number of carbonyl (C=O) groups excluding carboxylic acids is 1. The molecule has 1 N–H and O–H groups in total. The van der Waals surface area contributed by atoms with Crippen molar-refractivity contribution in [3.8, 4) is 0 Å². The lowest BCUT2D eigenvalue weighted by Gasteiger charge is -2.10. The monoisotopic (exact) mass is 257 g/mol. The first-order valence-corrected chi connectivity index (χ1v) is 6.13. The van der Waals surface area contributed by atoms with E-state index in [0.717, 1.165) is 11.1 Å². The topological polar surface area (TPSA) is 29.1 Å². The maximum absolute atomic E-state index is 13.4. The summed E-state index contributed by atoms with van der Waals surface area (Å²) in [6.07, 6.45) is 0. The predicted octanol–water partition coefficient (Wildman–Crippen LogP) is 4.00. The summed E-state index contributed by atoms with van der Waals surface area (Å²) < 4.78 is 13.4. The number of benzene rings is 2. The van der Waals surface area contributed by atoms with E-state index >= 15 is 0 Å². The Morgan fingerprint density at radius 3 is 2.47 bits per heavy atom. The van der Waals surface area contributed by atoms with Gasteiger partial charge < -0.3 is 5.32 Å². The van der Waals surface area contributed by atoms with Gasteiger partial charge in [-0.3, -0.25) is 4.79 Å². The molecule has 0 radical (unpaired) electrons. The van der Waals surface area contributed by atoms with Crippen LogP contribution in [-0.4, -0.2) is 5.91 Å². The fraction of sp³-hybridized carbons (Fsp3) is 0.188. The van der Waals surface area contributed by atoms with Crippen LogP contribution in [0.3, 0.4) is 0 Å². The molecule has 0 aliphatic heterocycles. The standard InChI is InChI=1S/C16H16FNO/c1-10-5-4-6-14(12(10)3)16(19)18-13-8-7-11(2)15(17)9-13/h4-9H,1-3H3,(H,18,19). The highest BCUT2D eigenvalue weighted by atomic mass is 19.1. The van der Waals surface area contributed by atoms with Gasteiger partial charge in [0.05, 0.1) is 0 Å². The number of halogens is 1. The second-order valence-corrected chi connectivity index (χ2v) is 4.67. The van der Waals surface area contributed by atoms with Crippen LogP contribution in [0.4, 0.5) is 10.1 Å². The molecule has 98 valence electrons. The summed E-state index contributed by atoms with van der Waals surface area (Å²) in [5.41, 5.74) is 3.63. The van der Waals surface area contributed by atoms with Crippen molar-refractivity contribution >= 4 is 11.6 Å². The van der Waals surface area contributed by atoms with Crippen molar-refractivity contribution in [3.05, 3.63) is 64.5 Å². The molecule has 2 aromatic rings. The minimum atomic E-state index is -0.321. The lowest BCUT2D eigenvalue weighted by Crippen LogP contribution is -2.14. The van der Waals surface area contributed by atoms with Crippen molar-refractivity contribution in [1.82, 2.24) is 0 Å². The average Bonchev–Trinajstić information content (AvgIpc) is 2.37. The molecule has 0 atom stereocenters. The van der Waals surface area contributed by atoms with E-state index in [4.69, 9.17) is 0 Å². The number of hydrogen-bond acceptors (Lipinski definition) is 1. The van der Waals surface area contributed by atoms with E-state index in [1.165, 1.54) is 6.07 Å². The van der Waals surface area contributed by atoms with Gasteiger partial charge in [0.25, 0.3) is 5.91 Å². The van der Waals surface area contributed by atoms with E-state index < -0.39 is 0 Å². The molecule has 0 aliphatic rings. The summed E-state index contributed by atoms with van der Waals surface area (Å²) in [5, 5.41) is 2.72. The summed E-state index contributed by atoms with van der Waals surface area (Å²) in [4.78, 5) is 12.1. The molecule has 0 heterocycles. The van der Waals surface area contributed by atoms with Crippen molar-refractivity contribution in [3.63, 3.8) is 0 Å². The molecule has 0 bridgehead atoms. The Bertz CT molecular complexity index is 635. The smallest absolute Gasteiger partial charge is 0.255 e. The molecule has 2 rings (SSSR count). The molecule has 0 unspecified atom stereocenters. The van der Waals surface area contributed by atoms with E-state index in [0.29, 0.717) is 16.8 Å². The molecule has 1 amide bonds. The number of rotatable bonds is 2. The Balaban J connectivity index is 2.26. The van der Waals surface area contributed by atoms with Crippen LogP contribution in [-0.2, 0) is 0 Å². The van der Waals surface area contributed by atoms with Crippen LogP contribution in [0.2, 0.25) is 0 Å². The molecule has 0 saturated heterocycles. The van der Waals surface area contributed by atoms with Gasteiger partial charge >= 0.3 is 0 Å². The van der Waals surface area contributed by atoms with Gasteiger partial charge in [0.2, 0.25) is 0 Å². The first-order chi connectivity index (χ1) is 8.99. The van der Waals surface area contributed by atoms with E-state index in [-0.39, 0.29) is 11.7 Å². The Morgan fingerprint density at radius 1 is 1.05 bits per heavy atom. The number of nitrogens with one attached hydrogen (secondary N) is 1. The van der Waals surface area contributed by atoms with E-state index in [1.807, 2.05) is 26.0 Å². The number of amides is 1. The molecule has 2 nitrogen and oxygen atoms in total. The zero-order valence-electron chi connectivity index (χ0n) is 11.3. The molecular weight excluding hydrogens is 241 g/mol. The first-order valence-electron chi connectivity index (χ1n) is 6.13. The third-order valence-electron chi connectivity index (χ3n) is 3.28. The number of carbonyl (C=O) groups is 1. The summed E-state index contributed by atoms with van der Waals surface area (Å²) in [5.74, 6) is -0.539. The summed E-state index contributed by atoms with van der Waals surface area (Å²) in [7, 11) is 0. The molecule has 2 aromatic carbocycles. The van der Waals surface area contributed by atoms with Crippen LogP contribution in [0, 0.1) is 26.6 Å². The van der Waals surface area contributed by atoms with Gasteiger partial charge in [0.1, 0.15) is 5.82 Å². The number of aryl methyl sites for hydroxylation is 2. The Labute approximate surface area is 112 Å². The Morgan fingerprint density at radius 2 is 1.79 bits per heavy atom. The zero-order chi connectivity index (χ0) is 14.0. The maximum atomic E-state index is 13.4. The van der Waals surface area contributed by atoms with Crippen molar-refractivity contribution in [2.45, 2.75) is 20.8 Å². The largest absolute Gasteiger partial charge is 0.322 e. The van der Waals surface area contributed by atoms with E-state index in [9.17, 15) is 9.18 Å². The van der Waals surface area contributed by atoms with Crippen molar-refractivity contribution in [2.75, 3.05) is 5.32 Å². The third-order valence-corrected chi connectivity index (χ3v) is 3.28. The Kier molecular flexibility index (Phi) is 3.65. The van der Waals surface area contributed by atoms with Crippen LogP contribution < -0.4 is 5.32 Å². The summed E-state index contributed by atoms with van der Waals surface area (Å²) >= 11 is 0. The van der Waals surface area contributed by atoms with Crippen LogP contribution in [0.5, 0.6) is 0 Å². The lowest BCUT2D eigenvalue weighted by molar-refractivity contribution is 0.102. The molecule has 3 heteroatoms. The molecular formula is C16H16FNO. The van der Waals surface area contributed by atoms with Crippen LogP contribution in [0.15, 0.2) is 36.4 Å². The van der Waals surface area contributed by atoms with Gasteiger partial charge in [-0.15, -0.1) is 0 Å². The maximum Gasteiger partial charge on any atom is 0.255 e. The fourth-order valence-corrected chi connectivity index (χ4v) is 1.87. The van der Waals surface area contributed by atoms with E-state index in [1.54, 1.807) is 25.1 Å². The van der Waals surface area contributed by atoms with Crippen LogP contribution in [0.25, 0.3) is 0 Å². The molecule has 0 spiro atoms. The van der Waals surface area contributed by atoms with Gasteiger partial charge in [-0.25, -0.2) is 4.39 Å². The SMILES string of the molecule is Cc1ccc(NC(=O)c2cccc(C)c2C)cc1F. The summed E-state index contributed by atoms with van der Waals surface area (Å²) in [6, 6.07) is 10.2. The van der Waals surface area contributed by atoms with Crippen molar-refractivity contribution in [1.29, 1.82) is 0 Å². The minimum Gasteiger partial charge on any atom is -0.322 e. The number of hydrogen-bond donors (Lipinski definition) is 1. The van der Waals surface area contributed by atoms with Crippen molar-refractivity contribution in [2.24, 2.45) is 0 Å². The van der Waals surface area contributed by atoms with Crippen molar-refractivity contribution < 1.29 is 9.18 Å². The van der Waals surface area contributed by atoms with Gasteiger partial charge in [0.15, 0.2) is 0 Å². The second-order valence-electron chi connectivity index (χ2n) is 4.67. The average molecular weight is 257 g/mol. The fourth-order valence-electron chi connectivity index (χ4n) is 1.87. The number of anilines is 1. The van der Waals surface area contributed by atoms with Gasteiger partial charge in [-0.05, 0) is 55.7 Å². The summed E-state index contributed by atoms with van der Waals surface area (Å²) in [6.45, 7) is 5.54. The molecule has 0 saturated carbocycles.